The number of anilines is 1. The maximum absolute atomic E-state index is 13.1. The molecule has 6 nitrogen and oxygen atoms in total. The van der Waals surface area contributed by atoms with Crippen molar-refractivity contribution >= 4 is 5.95 Å². The van der Waals surface area contributed by atoms with Crippen LogP contribution in [0.4, 0.5) is 19.1 Å². The number of H-pyrrole nitrogens is 1. The molecule has 0 amide bonds. The number of nitriles is 1. The normalized spacial score (nSPS) is 11.1. The van der Waals surface area contributed by atoms with E-state index < -0.39 is 17.3 Å². The standard InChI is InChI=1S/C19H13F3N4O2/c20-19(21,22)14-4-2-1-3-12(14)10-28-16-6-5-11(7-13(16)9-23)15-8-17(27)26-18(24)25-15/h1-8H,10H2,(H3,24,25,26,27). The molecule has 9 heteroatoms. The molecule has 0 fully saturated rings. The molecule has 0 aliphatic rings. The Bertz CT molecular complexity index is 1120. The maximum atomic E-state index is 13.1. The van der Waals surface area contributed by atoms with E-state index >= 15 is 0 Å². The van der Waals surface area contributed by atoms with E-state index in [1.165, 1.54) is 42.5 Å². The van der Waals surface area contributed by atoms with Gasteiger partial charge in [0.15, 0.2) is 0 Å². The van der Waals surface area contributed by atoms with Crippen LogP contribution in [0.3, 0.4) is 0 Å². The van der Waals surface area contributed by atoms with E-state index in [1.54, 1.807) is 0 Å². The average Bonchev–Trinajstić information content (AvgIpc) is 2.65. The van der Waals surface area contributed by atoms with E-state index in [2.05, 4.69) is 9.97 Å². The summed E-state index contributed by atoms with van der Waals surface area (Å²) in [6.45, 7) is -0.361. The van der Waals surface area contributed by atoms with Crippen LogP contribution >= 0.6 is 0 Å². The molecule has 3 N–H and O–H groups in total. The zero-order valence-corrected chi connectivity index (χ0v) is 14.2. The third kappa shape index (κ3) is 4.12. The number of nitrogens with zero attached hydrogens (tertiary/aromatic N) is 2. The van der Waals surface area contributed by atoms with Gasteiger partial charge in [-0.05, 0) is 24.3 Å². The highest BCUT2D eigenvalue weighted by atomic mass is 19.4. The number of nitrogens with two attached hydrogens (primary N) is 1. The molecule has 3 aromatic rings. The van der Waals surface area contributed by atoms with Gasteiger partial charge in [0.25, 0.3) is 5.56 Å². The van der Waals surface area contributed by atoms with Gasteiger partial charge in [-0.15, -0.1) is 0 Å². The van der Waals surface area contributed by atoms with Gasteiger partial charge in [-0.25, -0.2) is 4.98 Å². The lowest BCUT2D eigenvalue weighted by Crippen LogP contribution is -2.11. The molecule has 142 valence electrons. The number of aromatic amines is 1. The fourth-order valence-corrected chi connectivity index (χ4v) is 2.61. The predicted molar refractivity (Wildman–Crippen MR) is 95.2 cm³/mol. The van der Waals surface area contributed by atoms with Gasteiger partial charge in [-0.3, -0.25) is 9.78 Å². The number of rotatable bonds is 4. The second kappa shape index (κ2) is 7.44. The third-order valence-electron chi connectivity index (χ3n) is 3.86. The molecule has 0 saturated carbocycles. The molecule has 0 bridgehead atoms. The Hall–Kier alpha value is -3.80. The van der Waals surface area contributed by atoms with Crippen LogP contribution in [0.1, 0.15) is 16.7 Å². The first-order chi connectivity index (χ1) is 13.3. The number of hydrogen-bond donors (Lipinski definition) is 2. The van der Waals surface area contributed by atoms with Crippen LogP contribution in [0.15, 0.2) is 53.3 Å². The molecule has 0 aliphatic carbocycles. The van der Waals surface area contributed by atoms with Crippen molar-refractivity contribution in [1.29, 1.82) is 5.26 Å². The number of hydrogen-bond acceptors (Lipinski definition) is 5. The Balaban J connectivity index is 1.89. The Labute approximate surface area is 157 Å². The highest BCUT2D eigenvalue weighted by molar-refractivity contribution is 5.64. The van der Waals surface area contributed by atoms with Crippen LogP contribution in [0.5, 0.6) is 5.75 Å². The Morgan fingerprint density at radius 3 is 2.61 bits per heavy atom. The molecule has 0 spiro atoms. The molecule has 0 unspecified atom stereocenters. The number of halogens is 3. The van der Waals surface area contributed by atoms with E-state index in [9.17, 15) is 23.2 Å². The van der Waals surface area contributed by atoms with E-state index in [0.29, 0.717) is 5.56 Å². The van der Waals surface area contributed by atoms with E-state index in [-0.39, 0.29) is 35.1 Å². The molecule has 28 heavy (non-hydrogen) atoms. The zero-order valence-electron chi connectivity index (χ0n) is 14.2. The highest BCUT2D eigenvalue weighted by Gasteiger charge is 2.33. The van der Waals surface area contributed by atoms with Gasteiger partial charge in [-0.1, -0.05) is 18.2 Å². The first-order valence-corrected chi connectivity index (χ1v) is 7.97. The van der Waals surface area contributed by atoms with Crippen molar-refractivity contribution in [2.75, 3.05) is 5.73 Å². The summed E-state index contributed by atoms with van der Waals surface area (Å²) >= 11 is 0. The van der Waals surface area contributed by atoms with Crippen molar-refractivity contribution in [3.8, 4) is 23.1 Å². The van der Waals surface area contributed by atoms with Crippen molar-refractivity contribution in [2.24, 2.45) is 0 Å². The predicted octanol–water partition coefficient (Wildman–Crippen LogP) is 3.49. The maximum Gasteiger partial charge on any atom is 0.416 e. The summed E-state index contributed by atoms with van der Waals surface area (Å²) in [5.41, 5.74) is 4.99. The smallest absolute Gasteiger partial charge is 0.416 e. The highest BCUT2D eigenvalue weighted by Crippen LogP contribution is 2.33. The molecule has 0 atom stereocenters. The zero-order chi connectivity index (χ0) is 20.3. The number of benzene rings is 2. The monoisotopic (exact) mass is 386 g/mol. The lowest BCUT2D eigenvalue weighted by molar-refractivity contribution is -0.138. The number of ether oxygens (including phenoxy) is 1. The lowest BCUT2D eigenvalue weighted by atomic mass is 10.1. The molecular weight excluding hydrogens is 373 g/mol. The third-order valence-corrected chi connectivity index (χ3v) is 3.86. The van der Waals surface area contributed by atoms with E-state index in [0.717, 1.165) is 6.07 Å². The van der Waals surface area contributed by atoms with Crippen molar-refractivity contribution in [1.82, 2.24) is 9.97 Å². The summed E-state index contributed by atoms with van der Waals surface area (Å²) in [5.74, 6) is 0.0335. The SMILES string of the molecule is N#Cc1cc(-c2cc(=O)[nH]c(N)n2)ccc1OCc1ccccc1C(F)(F)F. The van der Waals surface area contributed by atoms with Gasteiger partial charge < -0.3 is 10.5 Å². The summed E-state index contributed by atoms with van der Waals surface area (Å²) in [6, 6.07) is 12.6. The van der Waals surface area contributed by atoms with E-state index in [1.807, 2.05) is 6.07 Å². The van der Waals surface area contributed by atoms with Crippen LogP contribution in [0.2, 0.25) is 0 Å². The van der Waals surface area contributed by atoms with Crippen molar-refractivity contribution in [3.05, 3.63) is 75.6 Å². The van der Waals surface area contributed by atoms with Gasteiger partial charge in [0.2, 0.25) is 5.95 Å². The first-order valence-electron chi connectivity index (χ1n) is 7.97. The number of nitrogen functional groups attached to an aromatic ring is 1. The minimum atomic E-state index is -4.51. The minimum Gasteiger partial charge on any atom is -0.488 e. The van der Waals surface area contributed by atoms with Crippen molar-refractivity contribution in [2.45, 2.75) is 12.8 Å². The molecule has 0 saturated heterocycles. The van der Waals surface area contributed by atoms with Crippen LogP contribution in [-0.4, -0.2) is 9.97 Å². The fourth-order valence-electron chi connectivity index (χ4n) is 2.61. The largest absolute Gasteiger partial charge is 0.488 e. The summed E-state index contributed by atoms with van der Waals surface area (Å²) in [4.78, 5) is 17.8. The van der Waals surface area contributed by atoms with E-state index in [4.69, 9.17) is 10.5 Å². The van der Waals surface area contributed by atoms with Crippen LogP contribution < -0.4 is 16.0 Å². The summed E-state index contributed by atoms with van der Waals surface area (Å²) < 4.78 is 44.7. The lowest BCUT2D eigenvalue weighted by Gasteiger charge is -2.14. The summed E-state index contributed by atoms with van der Waals surface area (Å²) in [6.07, 6.45) is -4.51. The van der Waals surface area contributed by atoms with Gasteiger partial charge in [-0.2, -0.15) is 18.4 Å². The molecule has 0 aliphatic heterocycles. The topological polar surface area (TPSA) is 105 Å². The Kier molecular flexibility index (Phi) is 5.04. The van der Waals surface area contributed by atoms with Gasteiger partial charge in [0, 0.05) is 17.2 Å². The van der Waals surface area contributed by atoms with Gasteiger partial charge >= 0.3 is 6.18 Å². The number of nitrogens with one attached hydrogen (secondary N) is 1. The fraction of sp³-hybridized carbons (Fsp3) is 0.105. The number of aromatic nitrogens is 2. The quantitative estimate of drug-likeness (QED) is 0.714. The Morgan fingerprint density at radius 2 is 1.93 bits per heavy atom. The molecular formula is C19H13F3N4O2. The summed E-state index contributed by atoms with van der Waals surface area (Å²) in [5, 5.41) is 9.36. The van der Waals surface area contributed by atoms with Crippen molar-refractivity contribution in [3.63, 3.8) is 0 Å². The van der Waals surface area contributed by atoms with Crippen molar-refractivity contribution < 1.29 is 17.9 Å². The second-order valence-corrected chi connectivity index (χ2v) is 5.78. The molecule has 1 aromatic heterocycles. The van der Waals surface area contributed by atoms with Gasteiger partial charge in [0.05, 0.1) is 16.8 Å². The summed E-state index contributed by atoms with van der Waals surface area (Å²) in [7, 11) is 0. The second-order valence-electron chi connectivity index (χ2n) is 5.78. The van der Waals surface area contributed by atoms with Crippen LogP contribution in [-0.2, 0) is 12.8 Å². The Morgan fingerprint density at radius 1 is 1.18 bits per heavy atom. The molecule has 3 rings (SSSR count). The van der Waals surface area contributed by atoms with Crippen LogP contribution in [0, 0.1) is 11.3 Å². The number of alkyl halides is 3. The minimum absolute atomic E-state index is 0.0491. The van der Waals surface area contributed by atoms with Crippen LogP contribution in [0.25, 0.3) is 11.3 Å². The molecule has 0 radical (unpaired) electrons. The van der Waals surface area contributed by atoms with Gasteiger partial charge in [0.1, 0.15) is 18.4 Å². The molecule has 1 heterocycles. The average molecular weight is 386 g/mol. The first kappa shape index (κ1) is 19.0. The molecule has 2 aromatic carbocycles.